The molecular formula is C16H15F2N3. The van der Waals surface area contributed by atoms with E-state index in [2.05, 4.69) is 5.32 Å². The number of hydrogen-bond donors (Lipinski definition) is 3. The van der Waals surface area contributed by atoms with Gasteiger partial charge in [-0.1, -0.05) is 6.07 Å². The number of nitrogens with one attached hydrogen (secondary N) is 2. The van der Waals surface area contributed by atoms with E-state index in [0.29, 0.717) is 22.4 Å². The lowest BCUT2D eigenvalue weighted by atomic mass is 10.0. The third-order valence-corrected chi connectivity index (χ3v) is 2.99. The van der Waals surface area contributed by atoms with Gasteiger partial charge in [0.25, 0.3) is 0 Å². The van der Waals surface area contributed by atoms with Gasteiger partial charge >= 0.3 is 0 Å². The van der Waals surface area contributed by atoms with E-state index in [9.17, 15) is 8.78 Å². The Morgan fingerprint density at radius 3 is 2.48 bits per heavy atom. The summed E-state index contributed by atoms with van der Waals surface area (Å²) in [5.41, 5.74) is 7.80. The van der Waals surface area contributed by atoms with Crippen LogP contribution >= 0.6 is 0 Å². The molecule has 2 rings (SSSR count). The number of allylic oxidation sites excluding steroid dienone is 1. The van der Waals surface area contributed by atoms with Gasteiger partial charge in [-0.05, 0) is 42.0 Å². The number of nitrogens with two attached hydrogens (primary N) is 1. The molecule has 5 heteroatoms. The zero-order valence-electron chi connectivity index (χ0n) is 11.2. The predicted octanol–water partition coefficient (Wildman–Crippen LogP) is 3.53. The largest absolute Gasteiger partial charge is 0.361 e. The van der Waals surface area contributed by atoms with Crippen LogP contribution in [0.5, 0.6) is 0 Å². The van der Waals surface area contributed by atoms with Crippen molar-refractivity contribution in [1.29, 1.82) is 5.41 Å². The minimum atomic E-state index is -0.364. The van der Waals surface area contributed by atoms with E-state index in [1.165, 1.54) is 18.2 Å². The second kappa shape index (κ2) is 6.76. The average molecular weight is 287 g/mol. The smallest absolute Gasteiger partial charge is 0.127 e. The fraction of sp³-hybridized carbons (Fsp3) is 0.0625. The van der Waals surface area contributed by atoms with Crippen molar-refractivity contribution in [2.24, 2.45) is 5.73 Å². The molecule has 0 amide bonds. The summed E-state index contributed by atoms with van der Waals surface area (Å²) in [6, 6.07) is 10.4. The standard InChI is InChI=1S/C16H15F2N3/c17-14-2-4-15(5-3-14)21-10-13(9-20)11-1-6-16(18)12(7-11)8-19/h1-7,9-10,20-21H,8,19H2/b13-10+,20-9?. The Labute approximate surface area is 121 Å². The van der Waals surface area contributed by atoms with E-state index in [1.807, 2.05) is 0 Å². The Kier molecular flexibility index (Phi) is 4.79. The molecule has 0 aromatic heterocycles. The van der Waals surface area contributed by atoms with Crippen LogP contribution in [0.2, 0.25) is 0 Å². The Bertz CT molecular complexity index is 664. The van der Waals surface area contributed by atoms with Crippen LogP contribution in [-0.2, 0) is 6.54 Å². The first-order valence-corrected chi connectivity index (χ1v) is 6.35. The van der Waals surface area contributed by atoms with Gasteiger partial charge in [-0.15, -0.1) is 0 Å². The van der Waals surface area contributed by atoms with Crippen molar-refractivity contribution >= 4 is 17.5 Å². The molecule has 21 heavy (non-hydrogen) atoms. The Balaban J connectivity index is 2.24. The molecule has 4 N–H and O–H groups in total. The quantitative estimate of drug-likeness (QED) is 0.737. The normalized spacial score (nSPS) is 11.3. The van der Waals surface area contributed by atoms with Crippen molar-refractivity contribution < 1.29 is 8.78 Å². The zero-order valence-corrected chi connectivity index (χ0v) is 11.2. The van der Waals surface area contributed by atoms with Gasteiger partial charge in [-0.25, -0.2) is 8.78 Å². The van der Waals surface area contributed by atoms with Crippen LogP contribution in [-0.4, -0.2) is 6.21 Å². The van der Waals surface area contributed by atoms with Gasteiger partial charge in [0.05, 0.1) is 0 Å². The highest BCUT2D eigenvalue weighted by Crippen LogP contribution is 2.18. The lowest BCUT2D eigenvalue weighted by Gasteiger charge is -2.07. The number of hydrogen-bond acceptors (Lipinski definition) is 3. The first kappa shape index (κ1) is 14.9. The Hall–Kier alpha value is -2.53. The summed E-state index contributed by atoms with van der Waals surface area (Å²) in [4.78, 5) is 0. The average Bonchev–Trinajstić information content (AvgIpc) is 2.51. The minimum absolute atomic E-state index is 0.0936. The van der Waals surface area contributed by atoms with E-state index in [0.717, 1.165) is 6.21 Å². The number of rotatable bonds is 5. The minimum Gasteiger partial charge on any atom is -0.361 e. The van der Waals surface area contributed by atoms with Crippen LogP contribution in [0.4, 0.5) is 14.5 Å². The van der Waals surface area contributed by atoms with Crippen molar-refractivity contribution in [1.82, 2.24) is 0 Å². The molecule has 0 saturated heterocycles. The number of benzene rings is 2. The summed E-state index contributed by atoms with van der Waals surface area (Å²) in [7, 11) is 0. The molecule has 0 saturated carbocycles. The first-order chi connectivity index (χ1) is 10.1. The third-order valence-electron chi connectivity index (χ3n) is 2.99. The van der Waals surface area contributed by atoms with Crippen molar-refractivity contribution in [3.05, 3.63) is 71.4 Å². The lowest BCUT2D eigenvalue weighted by Crippen LogP contribution is -2.01. The summed E-state index contributed by atoms with van der Waals surface area (Å²) < 4.78 is 26.2. The molecule has 3 nitrogen and oxygen atoms in total. The highest BCUT2D eigenvalue weighted by atomic mass is 19.1. The first-order valence-electron chi connectivity index (χ1n) is 6.35. The molecule has 0 unspecified atom stereocenters. The van der Waals surface area contributed by atoms with E-state index in [-0.39, 0.29) is 18.2 Å². The maximum atomic E-state index is 13.4. The summed E-state index contributed by atoms with van der Waals surface area (Å²) in [6.07, 6.45) is 2.76. The molecule has 0 spiro atoms. The molecule has 0 radical (unpaired) electrons. The van der Waals surface area contributed by atoms with Gasteiger partial charge in [-0.3, -0.25) is 0 Å². The van der Waals surface area contributed by atoms with E-state index in [1.54, 1.807) is 30.5 Å². The fourth-order valence-corrected chi connectivity index (χ4v) is 1.83. The van der Waals surface area contributed by atoms with Crippen molar-refractivity contribution in [3.8, 4) is 0 Å². The molecule has 2 aromatic rings. The summed E-state index contributed by atoms with van der Waals surface area (Å²) in [5.74, 6) is -0.681. The van der Waals surface area contributed by atoms with E-state index >= 15 is 0 Å². The number of halogens is 2. The van der Waals surface area contributed by atoms with Gasteiger partial charge < -0.3 is 16.5 Å². The third kappa shape index (κ3) is 3.73. The van der Waals surface area contributed by atoms with Gasteiger partial charge in [0.1, 0.15) is 11.6 Å². The molecule has 0 aliphatic rings. The van der Waals surface area contributed by atoms with Crippen LogP contribution in [0.15, 0.2) is 48.7 Å². The molecular weight excluding hydrogens is 272 g/mol. The van der Waals surface area contributed by atoms with Crippen molar-refractivity contribution in [2.75, 3.05) is 5.32 Å². The molecule has 0 aliphatic heterocycles. The number of anilines is 1. The van der Waals surface area contributed by atoms with E-state index in [4.69, 9.17) is 11.1 Å². The van der Waals surface area contributed by atoms with Gasteiger partial charge in [-0.2, -0.15) is 0 Å². The highest BCUT2D eigenvalue weighted by Gasteiger charge is 2.04. The molecule has 0 aliphatic carbocycles. The summed E-state index contributed by atoms with van der Waals surface area (Å²) >= 11 is 0. The van der Waals surface area contributed by atoms with Crippen LogP contribution in [0.1, 0.15) is 11.1 Å². The molecule has 108 valence electrons. The Morgan fingerprint density at radius 2 is 1.86 bits per heavy atom. The zero-order chi connectivity index (χ0) is 15.2. The second-order valence-corrected chi connectivity index (χ2v) is 4.41. The topological polar surface area (TPSA) is 61.9 Å². The van der Waals surface area contributed by atoms with Crippen LogP contribution < -0.4 is 11.1 Å². The molecule has 0 bridgehead atoms. The monoisotopic (exact) mass is 287 g/mol. The Morgan fingerprint density at radius 1 is 1.14 bits per heavy atom. The van der Waals surface area contributed by atoms with Crippen molar-refractivity contribution in [2.45, 2.75) is 6.54 Å². The summed E-state index contributed by atoms with van der Waals surface area (Å²) in [5, 5.41) is 10.4. The van der Waals surface area contributed by atoms with Gasteiger partial charge in [0.15, 0.2) is 0 Å². The molecule has 0 heterocycles. The fourth-order valence-electron chi connectivity index (χ4n) is 1.83. The lowest BCUT2D eigenvalue weighted by molar-refractivity contribution is 0.610. The van der Waals surface area contributed by atoms with E-state index < -0.39 is 0 Å². The maximum Gasteiger partial charge on any atom is 0.127 e. The summed E-state index contributed by atoms with van der Waals surface area (Å²) in [6.45, 7) is 0.0936. The van der Waals surface area contributed by atoms with Gasteiger partial charge in [0.2, 0.25) is 0 Å². The SMILES string of the molecule is N=C/C(=C\Nc1ccc(F)cc1)c1ccc(F)c(CN)c1. The van der Waals surface area contributed by atoms with Crippen LogP contribution in [0.25, 0.3) is 5.57 Å². The second-order valence-electron chi connectivity index (χ2n) is 4.41. The molecule has 0 fully saturated rings. The molecule has 0 atom stereocenters. The molecule has 2 aromatic carbocycles. The van der Waals surface area contributed by atoms with Crippen LogP contribution in [0.3, 0.4) is 0 Å². The maximum absolute atomic E-state index is 13.4. The van der Waals surface area contributed by atoms with Crippen LogP contribution in [0, 0.1) is 17.0 Å². The van der Waals surface area contributed by atoms with Crippen molar-refractivity contribution in [3.63, 3.8) is 0 Å². The highest BCUT2D eigenvalue weighted by molar-refractivity contribution is 6.08. The van der Waals surface area contributed by atoms with Gasteiger partial charge in [0, 0.05) is 35.8 Å². The predicted molar refractivity (Wildman–Crippen MR) is 81.1 cm³/mol.